The minimum absolute atomic E-state index is 0.0103. The van der Waals surface area contributed by atoms with Gasteiger partial charge in [0.25, 0.3) is 5.91 Å². The molecule has 0 saturated carbocycles. The molecule has 1 aliphatic heterocycles. The van der Waals surface area contributed by atoms with Gasteiger partial charge in [-0.2, -0.15) is 0 Å². The van der Waals surface area contributed by atoms with Gasteiger partial charge >= 0.3 is 0 Å². The first kappa shape index (κ1) is 12.7. The summed E-state index contributed by atoms with van der Waals surface area (Å²) in [5.41, 5.74) is 1.36. The molecule has 5 nitrogen and oxygen atoms in total. The Hall–Kier alpha value is -2.30. The van der Waals surface area contributed by atoms with Crippen molar-refractivity contribution in [3.63, 3.8) is 0 Å². The topological polar surface area (TPSA) is 47.4 Å². The summed E-state index contributed by atoms with van der Waals surface area (Å²) in [6.45, 7) is 1.67. The molecule has 0 aliphatic carbocycles. The molecule has 1 saturated heterocycles. The van der Waals surface area contributed by atoms with E-state index in [-0.39, 0.29) is 5.91 Å². The highest BCUT2D eigenvalue weighted by molar-refractivity contribution is 5.92. The molecule has 2 aromatic rings. The molecule has 0 bridgehead atoms. The molecule has 1 aliphatic rings. The molecular weight excluding hydrogens is 254 g/mol. The van der Waals surface area contributed by atoms with Crippen molar-refractivity contribution in [2.24, 2.45) is 0 Å². The number of benzene rings is 1. The largest absolute Gasteiger partial charge is 0.495 e. The van der Waals surface area contributed by atoms with Gasteiger partial charge in [-0.15, -0.1) is 0 Å². The number of para-hydroxylation sites is 2. The van der Waals surface area contributed by atoms with Gasteiger partial charge in [0, 0.05) is 19.3 Å². The first-order valence-electron chi connectivity index (χ1n) is 6.76. The second-order valence-electron chi connectivity index (χ2n) is 4.84. The number of methoxy groups -OCH3 is 1. The minimum atomic E-state index is 0.0103. The highest BCUT2D eigenvalue weighted by Gasteiger charge is 2.21. The maximum atomic E-state index is 12.3. The molecule has 1 amide bonds. The van der Waals surface area contributed by atoms with Crippen LogP contribution in [-0.2, 0) is 0 Å². The lowest BCUT2D eigenvalue weighted by molar-refractivity contribution is 0.0787. The van der Waals surface area contributed by atoms with Crippen LogP contribution in [0.4, 0.5) is 0 Å². The smallest absolute Gasteiger partial charge is 0.274 e. The first-order valence-corrected chi connectivity index (χ1v) is 6.76. The van der Waals surface area contributed by atoms with Gasteiger partial charge in [0.2, 0.25) is 0 Å². The van der Waals surface area contributed by atoms with Gasteiger partial charge < -0.3 is 14.2 Å². The van der Waals surface area contributed by atoms with Crippen LogP contribution in [0, 0.1) is 0 Å². The summed E-state index contributed by atoms with van der Waals surface area (Å²) in [5.74, 6) is 0.765. The predicted molar refractivity (Wildman–Crippen MR) is 75.3 cm³/mol. The van der Waals surface area contributed by atoms with E-state index in [1.165, 1.54) is 0 Å². The van der Waals surface area contributed by atoms with Gasteiger partial charge in [0.1, 0.15) is 17.8 Å². The normalized spacial score (nSPS) is 14.6. The third-order valence-corrected chi connectivity index (χ3v) is 3.56. The summed E-state index contributed by atoms with van der Waals surface area (Å²) in [6.07, 6.45) is 5.58. The first-order chi connectivity index (χ1) is 9.79. The van der Waals surface area contributed by atoms with Gasteiger partial charge in [0.15, 0.2) is 0 Å². The van der Waals surface area contributed by atoms with Crippen molar-refractivity contribution in [1.82, 2.24) is 14.5 Å². The van der Waals surface area contributed by atoms with Crippen LogP contribution >= 0.6 is 0 Å². The van der Waals surface area contributed by atoms with Crippen molar-refractivity contribution in [3.8, 4) is 11.4 Å². The van der Waals surface area contributed by atoms with Crippen molar-refractivity contribution >= 4 is 5.91 Å². The lowest BCUT2D eigenvalue weighted by atomic mass is 10.3. The molecule has 3 rings (SSSR count). The number of nitrogens with zero attached hydrogens (tertiary/aromatic N) is 3. The fourth-order valence-electron chi connectivity index (χ4n) is 2.49. The summed E-state index contributed by atoms with van der Waals surface area (Å²) in [4.78, 5) is 18.3. The average Bonchev–Trinajstić information content (AvgIpc) is 3.18. The van der Waals surface area contributed by atoms with Crippen LogP contribution in [0.1, 0.15) is 23.3 Å². The molecule has 20 heavy (non-hydrogen) atoms. The van der Waals surface area contributed by atoms with E-state index in [4.69, 9.17) is 4.74 Å². The molecule has 0 unspecified atom stereocenters. The number of carbonyl (C=O) groups is 1. The van der Waals surface area contributed by atoms with Crippen LogP contribution in [0.5, 0.6) is 5.75 Å². The fourth-order valence-corrected chi connectivity index (χ4v) is 2.49. The van der Waals surface area contributed by atoms with E-state index in [2.05, 4.69) is 4.98 Å². The van der Waals surface area contributed by atoms with Crippen LogP contribution in [0.15, 0.2) is 36.8 Å². The van der Waals surface area contributed by atoms with E-state index >= 15 is 0 Å². The molecule has 0 radical (unpaired) electrons. The van der Waals surface area contributed by atoms with Gasteiger partial charge in [0.05, 0.1) is 12.8 Å². The molecular formula is C15H17N3O2. The summed E-state index contributed by atoms with van der Waals surface area (Å²) in [6, 6.07) is 7.66. The van der Waals surface area contributed by atoms with Gasteiger partial charge in [-0.1, -0.05) is 12.1 Å². The number of amides is 1. The molecule has 104 valence electrons. The number of hydrogen-bond donors (Lipinski definition) is 0. The lowest BCUT2D eigenvalue weighted by Gasteiger charge is -2.12. The number of ether oxygens (including phenoxy) is 1. The second-order valence-corrected chi connectivity index (χ2v) is 4.84. The Labute approximate surface area is 117 Å². The van der Waals surface area contributed by atoms with Crippen LogP contribution in [0.2, 0.25) is 0 Å². The fraction of sp³-hybridized carbons (Fsp3) is 0.333. The average molecular weight is 271 g/mol. The van der Waals surface area contributed by atoms with E-state index in [1.54, 1.807) is 19.6 Å². The van der Waals surface area contributed by atoms with Crippen molar-refractivity contribution in [1.29, 1.82) is 0 Å². The van der Waals surface area contributed by atoms with E-state index < -0.39 is 0 Å². The van der Waals surface area contributed by atoms with Crippen LogP contribution < -0.4 is 4.74 Å². The van der Waals surface area contributed by atoms with E-state index in [9.17, 15) is 4.79 Å². The zero-order chi connectivity index (χ0) is 13.9. The Morgan fingerprint density at radius 2 is 2.00 bits per heavy atom. The summed E-state index contributed by atoms with van der Waals surface area (Å²) < 4.78 is 7.15. The standard InChI is InChI=1S/C15H17N3O2/c1-20-14-7-3-2-6-13(14)18-10-12(16-11-18)15(19)17-8-4-5-9-17/h2-3,6-7,10-11H,4-5,8-9H2,1H3. The van der Waals surface area contributed by atoms with E-state index in [0.29, 0.717) is 5.69 Å². The van der Waals surface area contributed by atoms with Crippen molar-refractivity contribution in [2.75, 3.05) is 20.2 Å². The van der Waals surface area contributed by atoms with Gasteiger partial charge in [-0.05, 0) is 25.0 Å². The Balaban J connectivity index is 1.88. The molecule has 0 atom stereocenters. The summed E-state index contributed by atoms with van der Waals surface area (Å²) in [7, 11) is 1.63. The predicted octanol–water partition coefficient (Wildman–Crippen LogP) is 2.12. The highest BCUT2D eigenvalue weighted by atomic mass is 16.5. The Morgan fingerprint density at radius 3 is 2.75 bits per heavy atom. The summed E-state index contributed by atoms with van der Waals surface area (Å²) >= 11 is 0. The third kappa shape index (κ3) is 2.27. The third-order valence-electron chi connectivity index (χ3n) is 3.56. The minimum Gasteiger partial charge on any atom is -0.495 e. The zero-order valence-corrected chi connectivity index (χ0v) is 11.5. The Bertz CT molecular complexity index is 615. The number of likely N-dealkylation sites (tertiary alicyclic amines) is 1. The SMILES string of the molecule is COc1ccccc1-n1cnc(C(=O)N2CCCC2)c1. The molecule has 0 spiro atoms. The number of hydrogen-bond acceptors (Lipinski definition) is 3. The van der Waals surface area contributed by atoms with E-state index in [0.717, 1.165) is 37.4 Å². The zero-order valence-electron chi connectivity index (χ0n) is 11.5. The van der Waals surface area contributed by atoms with Gasteiger partial charge in [-0.3, -0.25) is 4.79 Å². The Kier molecular flexibility index (Phi) is 3.41. The van der Waals surface area contributed by atoms with E-state index in [1.807, 2.05) is 33.7 Å². The molecule has 0 N–H and O–H groups in total. The molecule has 1 fully saturated rings. The molecule has 1 aromatic carbocycles. The molecule has 2 heterocycles. The van der Waals surface area contributed by atoms with Crippen molar-refractivity contribution in [2.45, 2.75) is 12.8 Å². The molecule has 1 aromatic heterocycles. The Morgan fingerprint density at radius 1 is 1.25 bits per heavy atom. The maximum absolute atomic E-state index is 12.3. The lowest BCUT2D eigenvalue weighted by Crippen LogP contribution is -2.27. The molecule has 5 heteroatoms. The summed E-state index contributed by atoms with van der Waals surface area (Å²) in [5, 5.41) is 0. The van der Waals surface area contributed by atoms with Crippen molar-refractivity contribution in [3.05, 3.63) is 42.5 Å². The van der Waals surface area contributed by atoms with Gasteiger partial charge in [-0.25, -0.2) is 4.98 Å². The van der Waals surface area contributed by atoms with Crippen molar-refractivity contribution < 1.29 is 9.53 Å². The van der Waals surface area contributed by atoms with Crippen LogP contribution in [-0.4, -0.2) is 40.6 Å². The van der Waals surface area contributed by atoms with Crippen LogP contribution in [0.3, 0.4) is 0 Å². The number of rotatable bonds is 3. The number of aromatic nitrogens is 2. The van der Waals surface area contributed by atoms with Crippen LogP contribution in [0.25, 0.3) is 5.69 Å². The quantitative estimate of drug-likeness (QED) is 0.859. The monoisotopic (exact) mass is 271 g/mol. The highest BCUT2D eigenvalue weighted by Crippen LogP contribution is 2.22. The number of imidazole rings is 1. The maximum Gasteiger partial charge on any atom is 0.274 e. The number of carbonyl (C=O) groups excluding carboxylic acids is 1. The second kappa shape index (κ2) is 5.36.